The average Bonchev–Trinajstić information content (AvgIpc) is 2.11. The normalized spacial score (nSPS) is 11.2. The second-order valence-electron chi connectivity index (χ2n) is 3.60. The lowest BCUT2D eigenvalue weighted by Crippen LogP contribution is -2.35. The van der Waals surface area contributed by atoms with Crippen molar-refractivity contribution in [2.24, 2.45) is 5.73 Å². The maximum absolute atomic E-state index is 8.71. The van der Waals surface area contributed by atoms with E-state index in [1.807, 2.05) is 0 Å². The summed E-state index contributed by atoms with van der Waals surface area (Å²) in [5.41, 5.74) is 6.52. The third-order valence-electron chi connectivity index (χ3n) is 2.05. The first-order chi connectivity index (χ1) is 6.11. The van der Waals surface area contributed by atoms with Gasteiger partial charge in [0.2, 0.25) is 0 Å². The van der Waals surface area contributed by atoms with Gasteiger partial charge in [0.1, 0.15) is 0 Å². The predicted octanol–water partition coefficient (Wildman–Crippen LogP) is 0.594. The van der Waals surface area contributed by atoms with E-state index in [0.29, 0.717) is 12.6 Å². The van der Waals surface area contributed by atoms with Gasteiger partial charge in [-0.15, -0.1) is 0 Å². The van der Waals surface area contributed by atoms with E-state index >= 15 is 0 Å². The zero-order chi connectivity index (χ0) is 10.3. The smallest absolute Gasteiger partial charge is 0.0443 e. The van der Waals surface area contributed by atoms with E-state index in [4.69, 9.17) is 10.8 Å². The van der Waals surface area contributed by atoms with E-state index in [1.165, 1.54) is 0 Å². The maximum atomic E-state index is 8.71. The van der Waals surface area contributed by atoms with Crippen LogP contribution in [-0.2, 0) is 0 Å². The van der Waals surface area contributed by atoms with Crippen molar-refractivity contribution in [2.75, 3.05) is 26.2 Å². The summed E-state index contributed by atoms with van der Waals surface area (Å²) in [5, 5.41) is 8.71. The summed E-state index contributed by atoms with van der Waals surface area (Å²) >= 11 is 0. The summed E-state index contributed by atoms with van der Waals surface area (Å²) in [7, 11) is 0. The van der Waals surface area contributed by atoms with Crippen molar-refractivity contribution in [3.8, 4) is 0 Å². The lowest BCUT2D eigenvalue weighted by molar-refractivity contribution is 0.204. The molecule has 3 heteroatoms. The van der Waals surface area contributed by atoms with Crippen molar-refractivity contribution in [1.82, 2.24) is 4.90 Å². The van der Waals surface area contributed by atoms with Crippen molar-refractivity contribution < 1.29 is 5.11 Å². The van der Waals surface area contributed by atoms with Crippen LogP contribution >= 0.6 is 0 Å². The highest BCUT2D eigenvalue weighted by molar-refractivity contribution is 4.99. The third-order valence-corrected chi connectivity index (χ3v) is 2.05. The Bertz CT molecular complexity index is 146. The highest BCUT2D eigenvalue weighted by Gasteiger charge is 2.08. The van der Waals surface area contributed by atoms with Gasteiger partial charge in [0, 0.05) is 32.3 Å². The Morgan fingerprint density at radius 2 is 2.15 bits per heavy atom. The molecule has 0 rings (SSSR count). The molecule has 3 N–H and O–H groups in total. The van der Waals surface area contributed by atoms with Crippen molar-refractivity contribution >= 4 is 0 Å². The molecule has 0 aliphatic rings. The van der Waals surface area contributed by atoms with Crippen molar-refractivity contribution in [1.29, 1.82) is 0 Å². The number of hydrogen-bond acceptors (Lipinski definition) is 3. The molecule has 0 aliphatic carbocycles. The van der Waals surface area contributed by atoms with Gasteiger partial charge in [-0.25, -0.2) is 0 Å². The molecule has 0 saturated heterocycles. The van der Waals surface area contributed by atoms with E-state index < -0.39 is 0 Å². The van der Waals surface area contributed by atoms with E-state index in [1.54, 1.807) is 0 Å². The number of nitrogens with zero attached hydrogens (tertiary/aromatic N) is 1. The van der Waals surface area contributed by atoms with Gasteiger partial charge >= 0.3 is 0 Å². The zero-order valence-corrected chi connectivity index (χ0v) is 8.79. The first-order valence-corrected chi connectivity index (χ1v) is 4.83. The molecule has 0 bridgehead atoms. The van der Waals surface area contributed by atoms with E-state index in [2.05, 4.69) is 25.3 Å². The Labute approximate surface area is 81.2 Å². The Hall–Kier alpha value is -0.380. The van der Waals surface area contributed by atoms with Crippen LogP contribution in [0, 0.1) is 0 Å². The molecule has 0 aromatic heterocycles. The molecule has 0 aliphatic heterocycles. The molecule has 0 amide bonds. The van der Waals surface area contributed by atoms with Gasteiger partial charge < -0.3 is 10.8 Å². The van der Waals surface area contributed by atoms with Crippen LogP contribution in [0.25, 0.3) is 0 Å². The molecule has 3 nitrogen and oxygen atoms in total. The topological polar surface area (TPSA) is 49.5 Å². The van der Waals surface area contributed by atoms with E-state index in [9.17, 15) is 0 Å². The lowest BCUT2D eigenvalue weighted by atomic mass is 10.2. The minimum atomic E-state index is 0.248. The number of nitrogens with two attached hydrogens (primary N) is 1. The molecule has 13 heavy (non-hydrogen) atoms. The fourth-order valence-corrected chi connectivity index (χ4v) is 1.15. The fraction of sp³-hybridized carbons (Fsp3) is 0.800. The SMILES string of the molecule is C=C(CN)CN(CCCO)C(C)C. The number of aliphatic hydroxyl groups excluding tert-OH is 1. The molecule has 0 heterocycles. The van der Waals surface area contributed by atoms with Gasteiger partial charge in [-0.2, -0.15) is 0 Å². The highest BCUT2D eigenvalue weighted by Crippen LogP contribution is 2.02. The summed E-state index contributed by atoms with van der Waals surface area (Å²) in [5.74, 6) is 0. The van der Waals surface area contributed by atoms with Crippen LogP contribution in [-0.4, -0.2) is 42.3 Å². The predicted molar refractivity (Wildman–Crippen MR) is 56.6 cm³/mol. The Morgan fingerprint density at radius 3 is 2.54 bits per heavy atom. The van der Waals surface area contributed by atoms with E-state index in [-0.39, 0.29) is 6.61 Å². The van der Waals surface area contributed by atoms with Crippen molar-refractivity contribution in [2.45, 2.75) is 26.3 Å². The van der Waals surface area contributed by atoms with Gasteiger partial charge in [0.05, 0.1) is 0 Å². The zero-order valence-electron chi connectivity index (χ0n) is 8.79. The van der Waals surface area contributed by atoms with Crippen LogP contribution in [0.2, 0.25) is 0 Å². The highest BCUT2D eigenvalue weighted by atomic mass is 16.3. The summed E-state index contributed by atoms with van der Waals surface area (Å²) in [6.07, 6.45) is 0.816. The molecule has 78 valence electrons. The van der Waals surface area contributed by atoms with Gasteiger partial charge in [0.15, 0.2) is 0 Å². The number of rotatable bonds is 7. The van der Waals surface area contributed by atoms with Crippen LogP contribution in [0.3, 0.4) is 0 Å². The minimum Gasteiger partial charge on any atom is -0.396 e. The molecule has 0 aromatic carbocycles. The van der Waals surface area contributed by atoms with Gasteiger partial charge in [-0.05, 0) is 25.8 Å². The molecule has 0 radical (unpaired) electrons. The third kappa shape index (κ3) is 5.80. The van der Waals surface area contributed by atoms with Crippen LogP contribution in [0.5, 0.6) is 0 Å². The van der Waals surface area contributed by atoms with Gasteiger partial charge in [-0.1, -0.05) is 6.58 Å². The van der Waals surface area contributed by atoms with Crippen molar-refractivity contribution in [3.05, 3.63) is 12.2 Å². The fourth-order valence-electron chi connectivity index (χ4n) is 1.15. The first-order valence-electron chi connectivity index (χ1n) is 4.83. The van der Waals surface area contributed by atoms with Crippen LogP contribution in [0.1, 0.15) is 20.3 Å². The van der Waals surface area contributed by atoms with Crippen LogP contribution in [0.4, 0.5) is 0 Å². The molecular weight excluding hydrogens is 164 g/mol. The molecule has 0 unspecified atom stereocenters. The Kier molecular flexibility index (Phi) is 6.86. The number of aliphatic hydroxyl groups is 1. The monoisotopic (exact) mass is 186 g/mol. The Morgan fingerprint density at radius 1 is 1.54 bits per heavy atom. The maximum Gasteiger partial charge on any atom is 0.0443 e. The Balaban J connectivity index is 3.87. The van der Waals surface area contributed by atoms with Gasteiger partial charge in [-0.3, -0.25) is 4.90 Å². The molecule has 0 spiro atoms. The first kappa shape index (κ1) is 12.6. The molecule has 0 saturated carbocycles. The largest absolute Gasteiger partial charge is 0.396 e. The molecule has 0 fully saturated rings. The summed E-state index contributed by atoms with van der Waals surface area (Å²) in [4.78, 5) is 2.27. The second-order valence-corrected chi connectivity index (χ2v) is 3.60. The number of hydrogen-bond donors (Lipinski definition) is 2. The molecular formula is C10H22N2O. The van der Waals surface area contributed by atoms with E-state index in [0.717, 1.165) is 25.1 Å². The summed E-state index contributed by atoms with van der Waals surface area (Å²) in [6.45, 7) is 10.7. The average molecular weight is 186 g/mol. The minimum absolute atomic E-state index is 0.248. The van der Waals surface area contributed by atoms with Crippen LogP contribution < -0.4 is 5.73 Å². The van der Waals surface area contributed by atoms with Crippen molar-refractivity contribution in [3.63, 3.8) is 0 Å². The van der Waals surface area contributed by atoms with Crippen LogP contribution in [0.15, 0.2) is 12.2 Å². The lowest BCUT2D eigenvalue weighted by Gasteiger charge is -2.26. The summed E-state index contributed by atoms with van der Waals surface area (Å²) < 4.78 is 0. The summed E-state index contributed by atoms with van der Waals surface area (Å²) in [6, 6.07) is 0.481. The second kappa shape index (κ2) is 7.06. The standard InChI is InChI=1S/C10H22N2O/c1-9(2)12(5-4-6-13)8-10(3)7-11/h9,13H,3-8,11H2,1-2H3. The van der Waals surface area contributed by atoms with Gasteiger partial charge in [0.25, 0.3) is 0 Å². The molecule has 0 aromatic rings. The quantitative estimate of drug-likeness (QED) is 0.572. The molecule has 0 atom stereocenters.